The summed E-state index contributed by atoms with van der Waals surface area (Å²) in [5, 5.41) is 10.0. The molecule has 0 aliphatic rings. The van der Waals surface area contributed by atoms with Crippen LogP contribution < -0.4 is 20.7 Å². The van der Waals surface area contributed by atoms with Crippen LogP contribution >= 0.6 is 0 Å². The van der Waals surface area contributed by atoms with Crippen molar-refractivity contribution in [1.29, 1.82) is 0 Å². The van der Waals surface area contributed by atoms with Crippen LogP contribution in [0.1, 0.15) is 11.1 Å². The lowest BCUT2D eigenvalue weighted by molar-refractivity contribution is -0.137. The van der Waals surface area contributed by atoms with Gasteiger partial charge in [-0.1, -0.05) is 12.1 Å². The second-order valence-electron chi connectivity index (χ2n) is 6.44. The lowest BCUT2D eigenvalue weighted by atomic mass is 10.1. The Balaban J connectivity index is 2.00. The highest BCUT2D eigenvalue weighted by atomic mass is 32.2. The third kappa shape index (κ3) is 6.36. The average molecular weight is 430 g/mol. The van der Waals surface area contributed by atoms with Gasteiger partial charge < -0.3 is 15.5 Å². The molecule has 0 aromatic heterocycles. The summed E-state index contributed by atoms with van der Waals surface area (Å²) in [6.45, 7) is 0.191. The summed E-state index contributed by atoms with van der Waals surface area (Å²) < 4.78 is 61.3. The zero-order valence-corrected chi connectivity index (χ0v) is 16.6. The van der Waals surface area contributed by atoms with E-state index < -0.39 is 27.8 Å². The van der Waals surface area contributed by atoms with Crippen LogP contribution in [0.2, 0.25) is 0 Å². The third-order valence-electron chi connectivity index (χ3n) is 4.01. The zero-order chi connectivity index (χ0) is 21.8. The molecule has 0 heterocycles. The molecule has 0 spiro atoms. The van der Waals surface area contributed by atoms with Crippen molar-refractivity contribution < 1.29 is 26.4 Å². The van der Waals surface area contributed by atoms with Gasteiger partial charge >= 0.3 is 12.2 Å². The first-order valence-corrected chi connectivity index (χ1v) is 9.98. The number of hydrogen-bond acceptors (Lipinski definition) is 4. The van der Waals surface area contributed by atoms with Crippen LogP contribution in [0.5, 0.6) is 0 Å². The van der Waals surface area contributed by atoms with Gasteiger partial charge in [-0.3, -0.25) is 0 Å². The number of alkyl halides is 3. The second-order valence-corrected chi connectivity index (χ2v) is 8.01. The molecule has 0 aliphatic heterocycles. The molecule has 4 N–H and O–H groups in total. The van der Waals surface area contributed by atoms with Crippen LogP contribution in [0.15, 0.2) is 47.4 Å². The maximum absolute atomic E-state index is 12.9. The van der Waals surface area contributed by atoms with Gasteiger partial charge in [-0.05, 0) is 42.3 Å². The smallest absolute Gasteiger partial charge is 0.376 e. The number of anilines is 2. The molecule has 158 valence electrons. The molecule has 2 aromatic carbocycles. The number of primary sulfonamides is 1. The van der Waals surface area contributed by atoms with Crippen molar-refractivity contribution in [2.75, 3.05) is 30.9 Å². The highest BCUT2D eigenvalue weighted by molar-refractivity contribution is 7.89. The minimum absolute atomic E-state index is 0.0206. The molecule has 2 amide bonds. The van der Waals surface area contributed by atoms with Crippen molar-refractivity contribution >= 4 is 27.4 Å². The molecule has 2 aromatic rings. The number of carbonyl (C=O) groups is 1. The monoisotopic (exact) mass is 430 g/mol. The number of nitrogens with zero attached hydrogens (tertiary/aromatic N) is 1. The standard InChI is InChI=1S/C18H21F3N4O3S/c1-25(2)16-8-5-13(18(19,20)21)11-15(16)24-17(26)23-10-9-12-3-6-14(7-4-12)29(22,27)28/h3-8,11H,9-10H2,1-2H3,(H2,22,27,28)(H2,23,24,26). The van der Waals surface area contributed by atoms with Gasteiger partial charge in [-0.25, -0.2) is 18.4 Å². The van der Waals surface area contributed by atoms with Gasteiger partial charge in [0.1, 0.15) is 0 Å². The van der Waals surface area contributed by atoms with Gasteiger partial charge in [0, 0.05) is 20.6 Å². The van der Waals surface area contributed by atoms with Gasteiger partial charge in [-0.15, -0.1) is 0 Å². The summed E-state index contributed by atoms with van der Waals surface area (Å²) in [5.74, 6) is 0. The number of rotatable bonds is 6. The molecule has 7 nitrogen and oxygen atoms in total. The molecule has 0 saturated heterocycles. The van der Waals surface area contributed by atoms with E-state index in [2.05, 4.69) is 10.6 Å². The minimum atomic E-state index is -4.53. The lowest BCUT2D eigenvalue weighted by Gasteiger charge is -2.20. The van der Waals surface area contributed by atoms with E-state index in [9.17, 15) is 26.4 Å². The van der Waals surface area contributed by atoms with E-state index in [0.29, 0.717) is 12.1 Å². The fourth-order valence-electron chi connectivity index (χ4n) is 2.54. The maximum atomic E-state index is 12.9. The fourth-order valence-corrected chi connectivity index (χ4v) is 3.05. The highest BCUT2D eigenvalue weighted by Crippen LogP contribution is 2.34. The van der Waals surface area contributed by atoms with Crippen molar-refractivity contribution in [2.45, 2.75) is 17.5 Å². The van der Waals surface area contributed by atoms with Gasteiger partial charge in [0.25, 0.3) is 0 Å². The largest absolute Gasteiger partial charge is 0.416 e. The van der Waals surface area contributed by atoms with Crippen molar-refractivity contribution in [3.05, 3.63) is 53.6 Å². The number of amides is 2. The highest BCUT2D eigenvalue weighted by Gasteiger charge is 2.31. The number of halogens is 3. The van der Waals surface area contributed by atoms with Crippen LogP contribution in [0.4, 0.5) is 29.3 Å². The number of benzene rings is 2. The summed E-state index contributed by atoms with van der Waals surface area (Å²) in [4.78, 5) is 13.7. The van der Waals surface area contributed by atoms with Gasteiger partial charge in [0.2, 0.25) is 10.0 Å². The first kappa shape index (κ1) is 22.5. The summed E-state index contributed by atoms with van der Waals surface area (Å²) in [5.41, 5.74) is 0.339. The molecule has 11 heteroatoms. The third-order valence-corrected chi connectivity index (χ3v) is 4.93. The van der Waals surface area contributed by atoms with Gasteiger partial charge in [0.15, 0.2) is 0 Å². The van der Waals surface area contributed by atoms with Crippen LogP contribution in [0.3, 0.4) is 0 Å². The number of carbonyl (C=O) groups excluding carboxylic acids is 1. The molecule has 0 saturated carbocycles. The van der Waals surface area contributed by atoms with Crippen LogP contribution in [0.25, 0.3) is 0 Å². The van der Waals surface area contributed by atoms with Gasteiger partial charge in [0.05, 0.1) is 21.8 Å². The molecule has 2 rings (SSSR count). The quantitative estimate of drug-likeness (QED) is 0.655. The van der Waals surface area contributed by atoms with Crippen LogP contribution in [-0.4, -0.2) is 35.1 Å². The molecule has 29 heavy (non-hydrogen) atoms. The molecule has 0 unspecified atom stereocenters. The SMILES string of the molecule is CN(C)c1ccc(C(F)(F)F)cc1NC(=O)NCCc1ccc(S(N)(=O)=O)cc1. The first-order valence-electron chi connectivity index (χ1n) is 8.43. The molecule has 0 fully saturated rings. The Morgan fingerprint density at radius 1 is 1.10 bits per heavy atom. The molecular weight excluding hydrogens is 409 g/mol. The van der Waals surface area contributed by atoms with E-state index in [1.54, 1.807) is 31.1 Å². The van der Waals surface area contributed by atoms with E-state index in [1.807, 2.05) is 0 Å². The zero-order valence-electron chi connectivity index (χ0n) is 15.7. The van der Waals surface area contributed by atoms with Crippen LogP contribution in [-0.2, 0) is 22.6 Å². The Kier molecular flexibility index (Phi) is 6.75. The average Bonchev–Trinajstić information content (AvgIpc) is 2.60. The molecule has 0 radical (unpaired) electrons. The Hall–Kier alpha value is -2.79. The van der Waals surface area contributed by atoms with Crippen molar-refractivity contribution in [2.24, 2.45) is 5.14 Å². The summed E-state index contributed by atoms with van der Waals surface area (Å²) in [7, 11) is -0.478. The Bertz CT molecular complexity index is 975. The van der Waals surface area contributed by atoms with Crippen molar-refractivity contribution in [1.82, 2.24) is 5.32 Å². The predicted octanol–water partition coefficient (Wildman–Crippen LogP) is 2.78. The molecule has 0 aliphatic carbocycles. The lowest BCUT2D eigenvalue weighted by Crippen LogP contribution is -2.31. The van der Waals surface area contributed by atoms with E-state index >= 15 is 0 Å². The Labute approximate surface area is 166 Å². The minimum Gasteiger partial charge on any atom is -0.376 e. The van der Waals surface area contributed by atoms with E-state index in [1.165, 1.54) is 18.2 Å². The summed E-state index contributed by atoms with van der Waals surface area (Å²) in [6.07, 6.45) is -4.14. The first-order chi connectivity index (χ1) is 13.4. The number of sulfonamides is 1. The van der Waals surface area contributed by atoms with Crippen LogP contribution in [0, 0.1) is 0 Å². The Morgan fingerprint density at radius 2 is 1.72 bits per heavy atom. The fraction of sp³-hybridized carbons (Fsp3) is 0.278. The van der Waals surface area contributed by atoms with E-state index in [0.717, 1.165) is 17.7 Å². The summed E-state index contributed by atoms with van der Waals surface area (Å²) in [6, 6.07) is 8.30. The van der Waals surface area contributed by atoms with Crippen molar-refractivity contribution in [3.8, 4) is 0 Å². The van der Waals surface area contributed by atoms with E-state index in [4.69, 9.17) is 5.14 Å². The molecular formula is C18H21F3N4O3S. The van der Waals surface area contributed by atoms with Gasteiger partial charge in [-0.2, -0.15) is 13.2 Å². The number of urea groups is 1. The number of nitrogens with one attached hydrogen (secondary N) is 2. The van der Waals surface area contributed by atoms with E-state index in [-0.39, 0.29) is 17.1 Å². The Morgan fingerprint density at radius 3 is 2.24 bits per heavy atom. The maximum Gasteiger partial charge on any atom is 0.416 e. The van der Waals surface area contributed by atoms with Crippen molar-refractivity contribution in [3.63, 3.8) is 0 Å². The number of hydrogen-bond donors (Lipinski definition) is 3. The summed E-state index contributed by atoms with van der Waals surface area (Å²) >= 11 is 0. The number of nitrogens with two attached hydrogens (primary N) is 1. The normalized spacial score (nSPS) is 11.8. The predicted molar refractivity (Wildman–Crippen MR) is 104 cm³/mol. The molecule has 0 bridgehead atoms. The molecule has 0 atom stereocenters. The topological polar surface area (TPSA) is 105 Å². The second kappa shape index (κ2) is 8.70.